The van der Waals surface area contributed by atoms with Gasteiger partial charge in [-0.3, -0.25) is 0 Å². The molecule has 0 radical (unpaired) electrons. The first kappa shape index (κ1) is 18.6. The van der Waals surface area contributed by atoms with Crippen LogP contribution in [0.3, 0.4) is 0 Å². The lowest BCUT2D eigenvalue weighted by Gasteiger charge is -2.04. The van der Waals surface area contributed by atoms with Gasteiger partial charge < -0.3 is 9.47 Å². The summed E-state index contributed by atoms with van der Waals surface area (Å²) in [7, 11) is 0. The SMILES string of the molecule is c1ccc(CC2COC(c3cccc(C4=NC(Cc5ccccc5)CO4)n3)=N2)cc1. The number of ether oxygens (including phenoxy) is 2. The Kier molecular flexibility index (Phi) is 5.25. The van der Waals surface area contributed by atoms with Gasteiger partial charge in [-0.05, 0) is 36.1 Å². The van der Waals surface area contributed by atoms with Gasteiger partial charge in [0.15, 0.2) is 0 Å². The molecule has 30 heavy (non-hydrogen) atoms. The molecule has 2 aromatic carbocycles. The van der Waals surface area contributed by atoms with Crippen LogP contribution in [0.1, 0.15) is 22.5 Å². The Morgan fingerprint density at radius 3 is 1.53 bits per heavy atom. The van der Waals surface area contributed by atoms with Crippen LogP contribution in [0.4, 0.5) is 0 Å². The average molecular weight is 397 g/mol. The van der Waals surface area contributed by atoms with E-state index in [0.717, 1.165) is 24.2 Å². The zero-order chi connectivity index (χ0) is 20.2. The van der Waals surface area contributed by atoms with Crippen molar-refractivity contribution in [3.63, 3.8) is 0 Å². The Balaban J connectivity index is 1.29. The minimum atomic E-state index is 0.114. The van der Waals surface area contributed by atoms with E-state index in [4.69, 9.17) is 24.4 Å². The maximum atomic E-state index is 5.85. The first-order valence-electron chi connectivity index (χ1n) is 10.3. The minimum Gasteiger partial charge on any atom is -0.474 e. The highest BCUT2D eigenvalue weighted by Gasteiger charge is 2.24. The van der Waals surface area contributed by atoms with Crippen molar-refractivity contribution in [3.8, 4) is 0 Å². The molecular weight excluding hydrogens is 374 g/mol. The molecule has 0 spiro atoms. The Morgan fingerprint density at radius 1 is 0.600 bits per heavy atom. The smallest absolute Gasteiger partial charge is 0.235 e. The second-order valence-electron chi connectivity index (χ2n) is 7.59. The lowest BCUT2D eigenvalue weighted by Crippen LogP contribution is -2.11. The standard InChI is InChI=1S/C25H23N3O2/c1-3-8-18(9-4-1)14-20-16-29-24(26-20)22-12-7-13-23(28-22)25-27-21(17-30-25)15-19-10-5-2-6-11-19/h1-13,20-21H,14-17H2. The lowest BCUT2D eigenvalue weighted by atomic mass is 10.1. The first-order chi connectivity index (χ1) is 14.8. The predicted octanol–water partition coefficient (Wildman–Crippen LogP) is 3.86. The summed E-state index contributed by atoms with van der Waals surface area (Å²) in [4.78, 5) is 14.2. The van der Waals surface area contributed by atoms with E-state index >= 15 is 0 Å². The van der Waals surface area contributed by atoms with Crippen molar-refractivity contribution >= 4 is 11.8 Å². The summed E-state index contributed by atoms with van der Waals surface area (Å²) in [5, 5.41) is 0. The molecule has 0 N–H and O–H groups in total. The third-order valence-corrected chi connectivity index (χ3v) is 5.24. The summed E-state index contributed by atoms with van der Waals surface area (Å²) in [6.07, 6.45) is 1.72. The zero-order valence-corrected chi connectivity index (χ0v) is 16.6. The van der Waals surface area contributed by atoms with Crippen LogP contribution in [-0.2, 0) is 22.3 Å². The number of benzene rings is 2. The average Bonchev–Trinajstić information content (AvgIpc) is 3.45. The lowest BCUT2D eigenvalue weighted by molar-refractivity contribution is 0.314. The second-order valence-corrected chi connectivity index (χ2v) is 7.59. The van der Waals surface area contributed by atoms with Crippen molar-refractivity contribution in [2.75, 3.05) is 13.2 Å². The van der Waals surface area contributed by atoms with E-state index in [1.807, 2.05) is 54.6 Å². The highest BCUT2D eigenvalue weighted by Crippen LogP contribution is 2.18. The number of hydrogen-bond acceptors (Lipinski definition) is 5. The zero-order valence-electron chi connectivity index (χ0n) is 16.6. The van der Waals surface area contributed by atoms with Crippen LogP contribution in [0.2, 0.25) is 0 Å². The molecule has 0 fully saturated rings. The number of hydrogen-bond donors (Lipinski definition) is 0. The molecule has 0 amide bonds. The van der Waals surface area contributed by atoms with E-state index in [2.05, 4.69) is 24.3 Å². The third-order valence-electron chi connectivity index (χ3n) is 5.24. The van der Waals surface area contributed by atoms with Crippen LogP contribution in [0.5, 0.6) is 0 Å². The van der Waals surface area contributed by atoms with Crippen molar-refractivity contribution in [1.82, 2.24) is 4.98 Å². The summed E-state index contributed by atoms with van der Waals surface area (Å²) >= 11 is 0. The molecule has 0 saturated heterocycles. The maximum absolute atomic E-state index is 5.85. The largest absolute Gasteiger partial charge is 0.474 e. The first-order valence-corrected chi connectivity index (χ1v) is 10.3. The van der Waals surface area contributed by atoms with Crippen molar-refractivity contribution in [3.05, 3.63) is 101 Å². The van der Waals surface area contributed by atoms with Gasteiger partial charge in [-0.15, -0.1) is 0 Å². The van der Waals surface area contributed by atoms with Gasteiger partial charge >= 0.3 is 0 Å². The highest BCUT2D eigenvalue weighted by molar-refractivity contribution is 5.97. The van der Waals surface area contributed by atoms with Gasteiger partial charge in [-0.25, -0.2) is 15.0 Å². The van der Waals surface area contributed by atoms with Gasteiger partial charge in [0.25, 0.3) is 0 Å². The van der Waals surface area contributed by atoms with Crippen molar-refractivity contribution in [1.29, 1.82) is 0 Å². The Bertz CT molecular complexity index is 981. The van der Waals surface area contributed by atoms with Crippen molar-refractivity contribution in [2.24, 2.45) is 9.98 Å². The maximum Gasteiger partial charge on any atom is 0.235 e. The quantitative estimate of drug-likeness (QED) is 0.635. The molecule has 5 heteroatoms. The van der Waals surface area contributed by atoms with E-state index < -0.39 is 0 Å². The Morgan fingerprint density at radius 2 is 1.07 bits per heavy atom. The van der Waals surface area contributed by atoms with Crippen LogP contribution in [0.15, 0.2) is 88.8 Å². The van der Waals surface area contributed by atoms with Crippen LogP contribution in [-0.4, -0.2) is 42.1 Å². The van der Waals surface area contributed by atoms with Gasteiger partial charge in [0.1, 0.15) is 24.6 Å². The fourth-order valence-corrected chi connectivity index (χ4v) is 3.77. The summed E-state index contributed by atoms with van der Waals surface area (Å²) in [6.45, 7) is 1.15. The molecule has 3 aromatic rings. The van der Waals surface area contributed by atoms with E-state index in [-0.39, 0.29) is 12.1 Å². The molecule has 1 aromatic heterocycles. The third kappa shape index (κ3) is 4.25. The molecule has 5 nitrogen and oxygen atoms in total. The fraction of sp³-hybridized carbons (Fsp3) is 0.240. The Labute approximate surface area is 176 Å². The van der Waals surface area contributed by atoms with Gasteiger partial charge in [-0.1, -0.05) is 66.7 Å². The second kappa shape index (κ2) is 8.49. The number of rotatable bonds is 6. The van der Waals surface area contributed by atoms with Crippen LogP contribution in [0.25, 0.3) is 0 Å². The molecule has 2 aliphatic rings. The number of pyridine rings is 1. The van der Waals surface area contributed by atoms with Crippen molar-refractivity contribution < 1.29 is 9.47 Å². The summed E-state index contributed by atoms with van der Waals surface area (Å²) in [6, 6.07) is 26.7. The summed E-state index contributed by atoms with van der Waals surface area (Å²) < 4.78 is 11.7. The van der Waals surface area contributed by atoms with Crippen LogP contribution >= 0.6 is 0 Å². The van der Waals surface area contributed by atoms with Gasteiger partial charge in [0.05, 0.1) is 12.1 Å². The normalized spacial score (nSPS) is 20.3. The van der Waals surface area contributed by atoms with E-state index in [1.54, 1.807) is 0 Å². The van der Waals surface area contributed by atoms with E-state index in [9.17, 15) is 0 Å². The summed E-state index contributed by atoms with van der Waals surface area (Å²) in [5.41, 5.74) is 3.97. The van der Waals surface area contributed by atoms with Crippen LogP contribution < -0.4 is 0 Å². The number of aliphatic imine (C=N–C) groups is 2. The molecular formula is C25H23N3O2. The molecule has 2 atom stereocenters. The number of aromatic nitrogens is 1. The summed E-state index contributed by atoms with van der Waals surface area (Å²) in [5.74, 6) is 1.19. The van der Waals surface area contributed by atoms with Gasteiger partial charge in [-0.2, -0.15) is 0 Å². The monoisotopic (exact) mass is 397 g/mol. The van der Waals surface area contributed by atoms with Gasteiger partial charge in [0.2, 0.25) is 11.8 Å². The minimum absolute atomic E-state index is 0.114. The number of nitrogens with zero attached hydrogens (tertiary/aromatic N) is 3. The molecule has 5 rings (SSSR count). The predicted molar refractivity (Wildman–Crippen MR) is 117 cm³/mol. The fourth-order valence-electron chi connectivity index (χ4n) is 3.77. The topological polar surface area (TPSA) is 56.1 Å². The molecule has 3 heterocycles. The molecule has 0 bridgehead atoms. The van der Waals surface area contributed by atoms with E-state index in [1.165, 1.54) is 11.1 Å². The van der Waals surface area contributed by atoms with E-state index in [0.29, 0.717) is 25.0 Å². The molecule has 0 saturated carbocycles. The highest BCUT2D eigenvalue weighted by atomic mass is 16.5. The Hall–Kier alpha value is -3.47. The van der Waals surface area contributed by atoms with Crippen molar-refractivity contribution in [2.45, 2.75) is 24.9 Å². The molecule has 2 aliphatic heterocycles. The van der Waals surface area contributed by atoms with Gasteiger partial charge in [0, 0.05) is 0 Å². The molecule has 0 aliphatic carbocycles. The molecule has 2 unspecified atom stereocenters. The molecule has 150 valence electrons. The van der Waals surface area contributed by atoms with Crippen LogP contribution in [0, 0.1) is 0 Å².